The Balaban J connectivity index is 2.80. The minimum atomic E-state index is 0.111. The van der Waals surface area contributed by atoms with E-state index in [4.69, 9.17) is 23.2 Å². The molecule has 0 atom stereocenters. The molecule has 0 radical (unpaired) electrons. The van der Waals surface area contributed by atoms with Gasteiger partial charge in [0.15, 0.2) is 0 Å². The zero-order valence-corrected chi connectivity index (χ0v) is 4.23. The molecule has 0 saturated heterocycles. The first-order valence-corrected chi connectivity index (χ1v) is 1.86. The van der Waals surface area contributed by atoms with Crippen molar-refractivity contribution in [2.75, 3.05) is 0 Å². The summed E-state index contributed by atoms with van der Waals surface area (Å²) in [5.41, 5.74) is 0. The molecule has 4 heavy (non-hydrogen) atoms. The minimum absolute atomic E-state index is 0.111. The second kappa shape index (κ2) is 2.22. The van der Waals surface area contributed by atoms with E-state index in [0.717, 1.165) is 0 Å². The van der Waals surface area contributed by atoms with E-state index in [2.05, 4.69) is 15.6 Å². The first-order chi connectivity index (χ1) is 1.73. The molecule has 0 aliphatic rings. The molecule has 0 aliphatic carbocycles. The van der Waals surface area contributed by atoms with Gasteiger partial charge in [-0.2, -0.15) is 0 Å². The Morgan fingerprint density at radius 3 is 1.50 bits per heavy atom. The van der Waals surface area contributed by atoms with Crippen LogP contribution < -0.4 is 0 Å². The van der Waals surface area contributed by atoms with Crippen LogP contribution in [0.3, 0.4) is 0 Å². The van der Waals surface area contributed by atoms with Gasteiger partial charge in [-0.3, -0.25) is 0 Å². The van der Waals surface area contributed by atoms with Gasteiger partial charge in [0.1, 0.15) is 0 Å². The van der Waals surface area contributed by atoms with E-state index in [-0.39, 0.29) is 3.34 Å². The molecule has 0 aromatic carbocycles. The molecular formula is CCl2Fe. The van der Waals surface area contributed by atoms with Crippen LogP contribution in [-0.2, 0) is 15.6 Å². The molecule has 0 rings (SSSR count). The Morgan fingerprint density at radius 2 is 1.50 bits per heavy atom. The van der Waals surface area contributed by atoms with Crippen LogP contribution in [0.25, 0.3) is 0 Å². The van der Waals surface area contributed by atoms with E-state index in [1.54, 1.807) is 0 Å². The van der Waals surface area contributed by atoms with Gasteiger partial charge in [0.05, 0.1) is 0 Å². The first kappa shape index (κ1) is 4.97. The normalized spacial score (nSPS) is 6.75. The fourth-order valence-corrected chi connectivity index (χ4v) is 0. The van der Waals surface area contributed by atoms with E-state index in [1.165, 1.54) is 0 Å². The van der Waals surface area contributed by atoms with E-state index in [1.807, 2.05) is 0 Å². The third-order valence-electron chi connectivity index (χ3n) is 0. The van der Waals surface area contributed by atoms with Gasteiger partial charge in [-0.25, -0.2) is 0 Å². The number of halogens is 2. The van der Waals surface area contributed by atoms with Crippen LogP contribution in [0.1, 0.15) is 0 Å². The number of rotatable bonds is 0. The Bertz CT molecular complexity index is 29.0. The predicted molar refractivity (Wildman–Crippen MR) is 16.7 cm³/mol. The molecule has 3 heteroatoms. The van der Waals surface area contributed by atoms with Gasteiger partial charge in [-0.15, -0.1) is 0 Å². The van der Waals surface area contributed by atoms with Gasteiger partial charge in [-0.1, -0.05) is 0 Å². The maximum absolute atomic E-state index is 4.85. The van der Waals surface area contributed by atoms with Gasteiger partial charge in [-0.05, 0) is 0 Å². The maximum atomic E-state index is 4.85. The third-order valence-corrected chi connectivity index (χ3v) is 0. The SMILES string of the molecule is Cl[C](Cl)=[Fe]. The molecule has 0 aromatic rings. The van der Waals surface area contributed by atoms with Crippen molar-refractivity contribution in [1.29, 1.82) is 0 Å². The summed E-state index contributed by atoms with van der Waals surface area (Å²) >= 11 is 12.8. The molecule has 0 fully saturated rings. The molecule has 0 N–H and O–H groups in total. The summed E-state index contributed by atoms with van der Waals surface area (Å²) in [6.45, 7) is 0. The molecule has 26 valence electrons. The van der Waals surface area contributed by atoms with Gasteiger partial charge < -0.3 is 0 Å². The van der Waals surface area contributed by atoms with Gasteiger partial charge in [0, 0.05) is 0 Å². The third kappa shape index (κ3) is 12.3. The summed E-state index contributed by atoms with van der Waals surface area (Å²) in [6, 6.07) is 0. The van der Waals surface area contributed by atoms with Gasteiger partial charge >= 0.3 is 42.1 Å². The monoisotopic (exact) mass is 138 g/mol. The van der Waals surface area contributed by atoms with E-state index >= 15 is 0 Å². The molecular weight excluding hydrogens is 139 g/mol. The molecule has 0 aromatic heterocycles. The summed E-state index contributed by atoms with van der Waals surface area (Å²) < 4.78 is 0.111. The van der Waals surface area contributed by atoms with E-state index in [0.29, 0.717) is 0 Å². The van der Waals surface area contributed by atoms with Crippen molar-refractivity contribution in [3.8, 4) is 0 Å². The summed E-state index contributed by atoms with van der Waals surface area (Å²) in [6.07, 6.45) is 0. The standard InChI is InChI=1S/CCl2.Fe/c2-1-3;. The van der Waals surface area contributed by atoms with Crippen LogP contribution >= 0.6 is 23.2 Å². The molecule has 0 bridgehead atoms. The number of hydrogen-bond acceptors (Lipinski definition) is 0. The van der Waals surface area contributed by atoms with Crippen molar-refractivity contribution in [3.63, 3.8) is 0 Å². The van der Waals surface area contributed by atoms with Crippen molar-refractivity contribution in [2.24, 2.45) is 0 Å². The average Bonchev–Trinajstić information content (AvgIpc) is 0.811. The van der Waals surface area contributed by atoms with Crippen LogP contribution in [0.2, 0.25) is 0 Å². The molecule has 0 amide bonds. The van der Waals surface area contributed by atoms with Gasteiger partial charge in [0.2, 0.25) is 0 Å². The zero-order valence-electron chi connectivity index (χ0n) is 1.61. The van der Waals surface area contributed by atoms with Crippen molar-refractivity contribution >= 4 is 26.5 Å². The van der Waals surface area contributed by atoms with Crippen LogP contribution in [0.15, 0.2) is 0 Å². The first-order valence-electron chi connectivity index (χ1n) is 0.555. The summed E-state index contributed by atoms with van der Waals surface area (Å²) in [4.78, 5) is 0. The average molecular weight is 139 g/mol. The fraction of sp³-hybridized carbons (Fsp3) is 0. The van der Waals surface area contributed by atoms with Crippen LogP contribution in [0.5, 0.6) is 0 Å². The fourth-order valence-electron chi connectivity index (χ4n) is 0. The van der Waals surface area contributed by atoms with Crippen LogP contribution in [0.4, 0.5) is 0 Å². The summed E-state index contributed by atoms with van der Waals surface area (Å²) in [5, 5.41) is 0. The summed E-state index contributed by atoms with van der Waals surface area (Å²) in [7, 11) is 0. The van der Waals surface area contributed by atoms with Gasteiger partial charge in [0.25, 0.3) is 0 Å². The topological polar surface area (TPSA) is 0 Å². The van der Waals surface area contributed by atoms with Crippen molar-refractivity contribution in [1.82, 2.24) is 0 Å². The second-order valence-electron chi connectivity index (χ2n) is 0.205. The van der Waals surface area contributed by atoms with Crippen LogP contribution in [0, 0.1) is 0 Å². The Labute approximate surface area is 42.4 Å². The Morgan fingerprint density at radius 1 is 1.50 bits per heavy atom. The molecule has 0 unspecified atom stereocenters. The van der Waals surface area contributed by atoms with Crippen molar-refractivity contribution in [2.45, 2.75) is 0 Å². The molecule has 0 saturated carbocycles. The van der Waals surface area contributed by atoms with Crippen molar-refractivity contribution in [3.05, 3.63) is 0 Å². The predicted octanol–water partition coefficient (Wildman–Crippen LogP) is 1.10. The van der Waals surface area contributed by atoms with Crippen molar-refractivity contribution < 1.29 is 15.6 Å². The van der Waals surface area contributed by atoms with E-state index < -0.39 is 0 Å². The van der Waals surface area contributed by atoms with E-state index in [9.17, 15) is 0 Å². The molecule has 0 spiro atoms. The Kier molecular flexibility index (Phi) is 2.76. The quantitative estimate of drug-likeness (QED) is 0.440. The summed E-state index contributed by atoms with van der Waals surface area (Å²) in [5.74, 6) is 0. The second-order valence-corrected chi connectivity index (χ2v) is 2.30. The number of hydrogen-bond donors (Lipinski definition) is 0. The molecule has 0 heterocycles. The Hall–Kier alpha value is 0.969. The van der Waals surface area contributed by atoms with Crippen LogP contribution in [-0.4, -0.2) is 3.34 Å². The zero-order chi connectivity index (χ0) is 3.58. The molecule has 0 nitrogen and oxygen atoms in total. The molecule has 0 aliphatic heterocycles.